The molecule has 0 aliphatic rings. The molecule has 0 aliphatic carbocycles. The van der Waals surface area contributed by atoms with Crippen LogP contribution in [0.1, 0.15) is 5.56 Å². The number of isocyanates is 1. The Kier molecular flexibility index (Phi) is 2.86. The topological polar surface area (TPSA) is 55.5 Å². The first-order chi connectivity index (χ1) is 7.72. The van der Waals surface area contributed by atoms with Gasteiger partial charge >= 0.3 is 0 Å². The summed E-state index contributed by atoms with van der Waals surface area (Å²) in [6.45, 7) is 1.77. The van der Waals surface area contributed by atoms with Gasteiger partial charge in [0, 0.05) is 16.1 Å². The van der Waals surface area contributed by atoms with Gasteiger partial charge in [-0.3, -0.25) is 0 Å². The van der Waals surface area contributed by atoms with Crippen molar-refractivity contribution in [2.45, 2.75) is 6.92 Å². The predicted octanol–water partition coefficient (Wildman–Crippen LogP) is 3.27. The lowest BCUT2D eigenvalue weighted by Gasteiger charge is -1.96. The van der Waals surface area contributed by atoms with E-state index in [1.54, 1.807) is 19.1 Å². The number of carbonyl (C=O) groups excluding carboxylic acids is 1. The van der Waals surface area contributed by atoms with E-state index in [4.69, 9.17) is 16.1 Å². The maximum absolute atomic E-state index is 10.1. The second-order valence-corrected chi connectivity index (χ2v) is 3.61. The number of hydrogen-bond acceptors (Lipinski definition) is 4. The quantitative estimate of drug-likeness (QED) is 0.592. The van der Waals surface area contributed by atoms with Gasteiger partial charge in [0.25, 0.3) is 0 Å². The molecule has 2 aromatic rings. The minimum Gasteiger partial charge on any atom is -0.354 e. The molecule has 1 aromatic carbocycles. The van der Waals surface area contributed by atoms with Gasteiger partial charge in [0.1, 0.15) is 0 Å². The van der Waals surface area contributed by atoms with Gasteiger partial charge in [0.15, 0.2) is 5.76 Å². The summed E-state index contributed by atoms with van der Waals surface area (Å²) in [7, 11) is 0. The van der Waals surface area contributed by atoms with E-state index >= 15 is 0 Å². The van der Waals surface area contributed by atoms with Gasteiger partial charge in [-0.05, 0) is 31.2 Å². The molecule has 0 atom stereocenters. The molecule has 0 spiro atoms. The summed E-state index contributed by atoms with van der Waals surface area (Å²) < 4.78 is 5.11. The number of hydrogen-bond donors (Lipinski definition) is 0. The number of nitrogens with zero attached hydrogens (tertiary/aromatic N) is 2. The van der Waals surface area contributed by atoms with Crippen molar-refractivity contribution in [3.05, 3.63) is 34.9 Å². The molecule has 80 valence electrons. The van der Waals surface area contributed by atoms with E-state index in [1.807, 2.05) is 12.1 Å². The number of aromatic nitrogens is 1. The number of halogens is 1. The van der Waals surface area contributed by atoms with Crippen LogP contribution in [0, 0.1) is 6.92 Å². The first-order valence-corrected chi connectivity index (χ1v) is 4.90. The Bertz CT molecular complexity index is 554. The van der Waals surface area contributed by atoms with E-state index in [0.717, 1.165) is 5.56 Å². The zero-order valence-electron chi connectivity index (χ0n) is 8.40. The molecule has 0 saturated carbocycles. The second kappa shape index (κ2) is 4.31. The highest BCUT2D eigenvalue weighted by Crippen LogP contribution is 2.30. The minimum absolute atomic E-state index is 0.250. The van der Waals surface area contributed by atoms with E-state index in [9.17, 15) is 4.79 Å². The maximum Gasteiger partial charge on any atom is 0.242 e. The highest BCUT2D eigenvalue weighted by Gasteiger charge is 2.12. The SMILES string of the molecule is Cc1c(N=C=O)noc1-c1ccc(Cl)cc1. The minimum atomic E-state index is 0.250. The molecule has 4 nitrogen and oxygen atoms in total. The number of benzene rings is 1. The maximum atomic E-state index is 10.1. The molecule has 0 unspecified atom stereocenters. The van der Waals surface area contributed by atoms with Gasteiger partial charge in [-0.2, -0.15) is 0 Å². The van der Waals surface area contributed by atoms with Crippen LogP contribution in [-0.4, -0.2) is 11.2 Å². The molecule has 0 radical (unpaired) electrons. The van der Waals surface area contributed by atoms with Gasteiger partial charge in [-0.15, -0.1) is 4.99 Å². The molecule has 2 rings (SSSR count). The van der Waals surface area contributed by atoms with Crippen LogP contribution < -0.4 is 0 Å². The number of rotatable bonds is 2. The zero-order valence-corrected chi connectivity index (χ0v) is 9.15. The largest absolute Gasteiger partial charge is 0.354 e. The molecule has 1 heterocycles. The fourth-order valence-electron chi connectivity index (χ4n) is 1.35. The van der Waals surface area contributed by atoms with Gasteiger partial charge in [-0.25, -0.2) is 4.79 Å². The molecular formula is C11H7ClN2O2. The van der Waals surface area contributed by atoms with Crippen LogP contribution in [0.25, 0.3) is 11.3 Å². The Hall–Kier alpha value is -1.90. The van der Waals surface area contributed by atoms with Crippen molar-refractivity contribution in [1.29, 1.82) is 0 Å². The summed E-state index contributed by atoms with van der Waals surface area (Å²) in [6, 6.07) is 7.12. The van der Waals surface area contributed by atoms with E-state index in [2.05, 4.69) is 10.1 Å². The van der Waals surface area contributed by atoms with Gasteiger partial charge in [0.05, 0.1) is 0 Å². The Labute approximate surface area is 96.5 Å². The lowest BCUT2D eigenvalue weighted by molar-refractivity contribution is 0.434. The van der Waals surface area contributed by atoms with E-state index < -0.39 is 0 Å². The third-order valence-electron chi connectivity index (χ3n) is 2.16. The van der Waals surface area contributed by atoms with Crippen molar-refractivity contribution < 1.29 is 9.32 Å². The third-order valence-corrected chi connectivity index (χ3v) is 2.41. The molecule has 16 heavy (non-hydrogen) atoms. The fourth-order valence-corrected chi connectivity index (χ4v) is 1.47. The van der Waals surface area contributed by atoms with Crippen LogP contribution in [0.3, 0.4) is 0 Å². The van der Waals surface area contributed by atoms with Crippen molar-refractivity contribution >= 4 is 23.5 Å². The molecule has 0 fully saturated rings. The molecule has 0 N–H and O–H groups in total. The van der Waals surface area contributed by atoms with Crippen molar-refractivity contribution in [3.63, 3.8) is 0 Å². The van der Waals surface area contributed by atoms with Crippen molar-refractivity contribution in [1.82, 2.24) is 5.16 Å². The second-order valence-electron chi connectivity index (χ2n) is 3.17. The molecule has 1 aromatic heterocycles. The van der Waals surface area contributed by atoms with Crippen LogP contribution in [-0.2, 0) is 4.79 Å². The third kappa shape index (κ3) is 1.89. The average Bonchev–Trinajstić information content (AvgIpc) is 2.63. The molecule has 5 heteroatoms. The van der Waals surface area contributed by atoms with Crippen molar-refractivity contribution in [2.24, 2.45) is 4.99 Å². The van der Waals surface area contributed by atoms with E-state index in [1.165, 1.54) is 6.08 Å². The monoisotopic (exact) mass is 234 g/mol. The fraction of sp³-hybridized carbons (Fsp3) is 0.0909. The predicted molar refractivity (Wildman–Crippen MR) is 59.5 cm³/mol. The van der Waals surface area contributed by atoms with E-state index in [0.29, 0.717) is 16.3 Å². The average molecular weight is 235 g/mol. The van der Waals surface area contributed by atoms with Gasteiger partial charge in [0.2, 0.25) is 11.9 Å². The lowest BCUT2D eigenvalue weighted by Crippen LogP contribution is -1.76. The zero-order chi connectivity index (χ0) is 11.5. The Balaban J connectivity index is 2.48. The number of aliphatic imine (C=N–C) groups is 1. The molecule has 0 amide bonds. The highest BCUT2D eigenvalue weighted by molar-refractivity contribution is 6.30. The summed E-state index contributed by atoms with van der Waals surface area (Å²) in [5.74, 6) is 0.825. The molecule has 0 saturated heterocycles. The highest BCUT2D eigenvalue weighted by atomic mass is 35.5. The van der Waals surface area contributed by atoms with Crippen LogP contribution in [0.15, 0.2) is 33.8 Å². The Morgan fingerprint density at radius 2 is 2.06 bits per heavy atom. The Morgan fingerprint density at radius 3 is 2.69 bits per heavy atom. The van der Waals surface area contributed by atoms with Gasteiger partial charge in [-0.1, -0.05) is 16.8 Å². The molecular weight excluding hydrogens is 228 g/mol. The van der Waals surface area contributed by atoms with Crippen molar-refractivity contribution in [2.75, 3.05) is 0 Å². The first-order valence-electron chi connectivity index (χ1n) is 4.52. The Morgan fingerprint density at radius 1 is 1.38 bits per heavy atom. The summed E-state index contributed by atoms with van der Waals surface area (Å²) >= 11 is 5.78. The van der Waals surface area contributed by atoms with E-state index in [-0.39, 0.29) is 5.82 Å². The first kappa shape index (κ1) is 10.6. The van der Waals surface area contributed by atoms with Crippen molar-refractivity contribution in [3.8, 4) is 11.3 Å². The smallest absolute Gasteiger partial charge is 0.242 e. The molecule has 0 aliphatic heterocycles. The summed E-state index contributed by atoms with van der Waals surface area (Å²) in [5, 5.41) is 4.31. The summed E-state index contributed by atoms with van der Waals surface area (Å²) in [6.07, 6.45) is 1.43. The summed E-state index contributed by atoms with van der Waals surface area (Å²) in [4.78, 5) is 13.6. The summed E-state index contributed by atoms with van der Waals surface area (Å²) in [5.41, 5.74) is 1.53. The van der Waals surface area contributed by atoms with Crippen LogP contribution in [0.5, 0.6) is 0 Å². The molecule has 0 bridgehead atoms. The lowest BCUT2D eigenvalue weighted by atomic mass is 10.1. The van der Waals surface area contributed by atoms with Gasteiger partial charge < -0.3 is 4.52 Å². The standard InChI is InChI=1S/C11H7ClN2O2/c1-7-10(16-14-11(7)13-6-15)8-2-4-9(12)5-3-8/h2-5H,1H3. The van der Waals surface area contributed by atoms with Crippen LogP contribution in [0.4, 0.5) is 5.82 Å². The van der Waals surface area contributed by atoms with Crippen LogP contribution in [0.2, 0.25) is 5.02 Å². The van der Waals surface area contributed by atoms with Crippen LogP contribution >= 0.6 is 11.6 Å². The normalized spacial score (nSPS) is 9.88.